The lowest BCUT2D eigenvalue weighted by atomic mass is 10.1. The molecule has 2 N–H and O–H groups in total. The molecule has 25 heavy (non-hydrogen) atoms. The third-order valence-corrected chi connectivity index (χ3v) is 3.69. The van der Waals surface area contributed by atoms with Crippen molar-refractivity contribution in [3.8, 4) is 12.1 Å². The van der Waals surface area contributed by atoms with Crippen molar-refractivity contribution < 1.29 is 4.79 Å². The maximum Gasteiger partial charge on any atom is 0.263 e. The molecule has 0 radical (unpaired) electrons. The minimum absolute atomic E-state index is 0.0825. The third kappa shape index (κ3) is 3.39. The van der Waals surface area contributed by atoms with E-state index in [4.69, 9.17) is 0 Å². The molecule has 0 aliphatic rings. The van der Waals surface area contributed by atoms with Crippen LogP contribution in [0, 0.1) is 22.7 Å². The fourth-order valence-corrected chi connectivity index (χ4v) is 2.45. The van der Waals surface area contributed by atoms with Crippen LogP contribution in [0.15, 0.2) is 60.4 Å². The lowest BCUT2D eigenvalue weighted by molar-refractivity contribution is -0.117. The normalized spacial score (nSPS) is 12.2. The van der Waals surface area contributed by atoms with Gasteiger partial charge < -0.3 is 10.3 Å². The van der Waals surface area contributed by atoms with Gasteiger partial charge in [0.05, 0.1) is 6.07 Å². The summed E-state index contributed by atoms with van der Waals surface area (Å²) < 4.78 is 0. The number of amides is 1. The topological polar surface area (TPSA) is 105 Å². The number of aromatic amines is 1. The lowest BCUT2D eigenvalue weighted by Gasteiger charge is -2.11. The van der Waals surface area contributed by atoms with Crippen LogP contribution >= 0.6 is 0 Å². The van der Waals surface area contributed by atoms with Crippen LogP contribution in [-0.2, 0) is 4.79 Å². The first-order valence-corrected chi connectivity index (χ1v) is 7.52. The van der Waals surface area contributed by atoms with E-state index in [1.54, 1.807) is 42.7 Å². The van der Waals surface area contributed by atoms with Crippen LogP contribution < -0.4 is 5.32 Å². The van der Waals surface area contributed by atoms with E-state index in [-0.39, 0.29) is 5.57 Å². The predicted molar refractivity (Wildman–Crippen MR) is 92.6 cm³/mol. The number of nitrogens with one attached hydrogen (secondary N) is 2. The number of carbonyl (C=O) groups is 1. The van der Waals surface area contributed by atoms with Gasteiger partial charge in [-0.2, -0.15) is 10.5 Å². The summed E-state index contributed by atoms with van der Waals surface area (Å²) in [4.78, 5) is 19.6. The van der Waals surface area contributed by atoms with Crippen molar-refractivity contribution in [1.82, 2.24) is 15.3 Å². The highest BCUT2D eigenvalue weighted by Crippen LogP contribution is 2.19. The molecule has 3 aromatic rings. The molecule has 6 nitrogen and oxygen atoms in total. The number of H-pyrrole nitrogens is 1. The number of aromatic nitrogens is 2. The number of rotatable bonds is 4. The first-order chi connectivity index (χ1) is 12.2. The summed E-state index contributed by atoms with van der Waals surface area (Å²) in [6, 6.07) is 15.6. The van der Waals surface area contributed by atoms with E-state index in [0.717, 1.165) is 5.39 Å². The van der Waals surface area contributed by atoms with Gasteiger partial charge in [0.15, 0.2) is 0 Å². The Balaban J connectivity index is 1.87. The van der Waals surface area contributed by atoms with Gasteiger partial charge in [-0.05, 0) is 23.8 Å². The van der Waals surface area contributed by atoms with Crippen molar-refractivity contribution in [1.29, 1.82) is 10.5 Å². The van der Waals surface area contributed by atoms with E-state index in [9.17, 15) is 15.3 Å². The van der Waals surface area contributed by atoms with Gasteiger partial charge in [-0.25, -0.2) is 4.98 Å². The lowest BCUT2D eigenvalue weighted by Crippen LogP contribution is -2.28. The second-order valence-electron chi connectivity index (χ2n) is 5.26. The molecule has 0 aliphatic heterocycles. The molecule has 2 heterocycles. The highest BCUT2D eigenvalue weighted by molar-refractivity contribution is 6.03. The van der Waals surface area contributed by atoms with E-state index < -0.39 is 11.9 Å². The highest BCUT2D eigenvalue weighted by Gasteiger charge is 2.17. The molecule has 1 aromatic carbocycles. The number of hydrogen-bond donors (Lipinski definition) is 2. The second-order valence-corrected chi connectivity index (χ2v) is 5.26. The van der Waals surface area contributed by atoms with Crippen molar-refractivity contribution in [3.63, 3.8) is 0 Å². The van der Waals surface area contributed by atoms with Crippen LogP contribution in [0.5, 0.6) is 0 Å². The van der Waals surface area contributed by atoms with Crippen molar-refractivity contribution in [2.45, 2.75) is 6.04 Å². The fourth-order valence-electron chi connectivity index (χ4n) is 2.45. The predicted octanol–water partition coefficient (Wildman–Crippen LogP) is 2.85. The number of benzene rings is 1. The monoisotopic (exact) mass is 327 g/mol. The molecular formula is C19H13N5O. The van der Waals surface area contributed by atoms with Crippen molar-refractivity contribution >= 4 is 23.0 Å². The highest BCUT2D eigenvalue weighted by atomic mass is 16.1. The maximum atomic E-state index is 12.4. The molecule has 1 unspecified atom stereocenters. The summed E-state index contributed by atoms with van der Waals surface area (Å²) in [5, 5.41) is 22.0. The van der Waals surface area contributed by atoms with Crippen LogP contribution in [0.4, 0.5) is 0 Å². The van der Waals surface area contributed by atoms with Gasteiger partial charge in [0, 0.05) is 23.3 Å². The zero-order valence-corrected chi connectivity index (χ0v) is 13.1. The molecule has 0 saturated heterocycles. The van der Waals surface area contributed by atoms with E-state index in [0.29, 0.717) is 16.8 Å². The molecule has 3 rings (SSSR count). The van der Waals surface area contributed by atoms with Gasteiger partial charge >= 0.3 is 0 Å². The van der Waals surface area contributed by atoms with Gasteiger partial charge in [-0.1, -0.05) is 30.3 Å². The standard InChI is InChI=1S/C19H13N5O/c20-10-14(9-15-12-23-18-16(15)7-4-8-22-18)19(25)24-17(11-21)13-5-2-1-3-6-13/h1-9,12,17H,(H,22,23)(H,24,25)/b14-9+. The first-order valence-electron chi connectivity index (χ1n) is 7.52. The number of nitriles is 2. The largest absolute Gasteiger partial charge is 0.346 e. The maximum absolute atomic E-state index is 12.4. The molecule has 0 aliphatic carbocycles. The first kappa shape index (κ1) is 16.0. The molecule has 0 spiro atoms. The van der Waals surface area contributed by atoms with Crippen LogP contribution in [0.1, 0.15) is 17.2 Å². The number of hydrogen-bond acceptors (Lipinski definition) is 4. The van der Waals surface area contributed by atoms with Gasteiger partial charge in [0.2, 0.25) is 0 Å². The van der Waals surface area contributed by atoms with E-state index >= 15 is 0 Å². The van der Waals surface area contributed by atoms with Crippen LogP contribution in [0.3, 0.4) is 0 Å². The molecule has 1 atom stereocenters. The quantitative estimate of drug-likeness (QED) is 0.567. The minimum atomic E-state index is -0.824. The Morgan fingerprint density at radius 2 is 2.00 bits per heavy atom. The van der Waals surface area contributed by atoms with Crippen molar-refractivity contribution in [2.75, 3.05) is 0 Å². The molecule has 0 fully saturated rings. The average molecular weight is 327 g/mol. The zero-order valence-electron chi connectivity index (χ0n) is 13.1. The SMILES string of the molecule is N#C/C(=C\c1c[nH]c2ncccc12)C(=O)NC(C#N)c1ccccc1. The number of nitrogens with zero attached hydrogens (tertiary/aromatic N) is 3. The molecule has 0 bridgehead atoms. The van der Waals surface area contributed by atoms with Crippen molar-refractivity contribution in [2.24, 2.45) is 0 Å². The van der Waals surface area contributed by atoms with Crippen LogP contribution in [-0.4, -0.2) is 15.9 Å². The number of fused-ring (bicyclic) bond motifs is 1. The average Bonchev–Trinajstić information content (AvgIpc) is 3.07. The number of carbonyl (C=O) groups excluding carboxylic acids is 1. The molecule has 6 heteroatoms. The summed E-state index contributed by atoms with van der Waals surface area (Å²) in [5.74, 6) is -0.601. The Kier molecular flexibility index (Phi) is 4.55. The Hall–Kier alpha value is -3.90. The van der Waals surface area contributed by atoms with E-state index in [1.165, 1.54) is 6.08 Å². The Morgan fingerprint density at radius 3 is 2.72 bits per heavy atom. The molecule has 120 valence electrons. The third-order valence-electron chi connectivity index (χ3n) is 3.69. The number of pyridine rings is 1. The summed E-state index contributed by atoms with van der Waals surface area (Å²) in [6.07, 6.45) is 4.82. The molecule has 2 aromatic heterocycles. The van der Waals surface area contributed by atoms with E-state index in [1.807, 2.05) is 24.3 Å². The van der Waals surface area contributed by atoms with Gasteiger partial charge in [0.1, 0.15) is 23.3 Å². The summed E-state index contributed by atoms with van der Waals surface area (Å²) in [6.45, 7) is 0. The zero-order chi connectivity index (χ0) is 17.6. The van der Waals surface area contributed by atoms with Gasteiger partial charge in [-0.3, -0.25) is 4.79 Å². The molecular weight excluding hydrogens is 314 g/mol. The smallest absolute Gasteiger partial charge is 0.263 e. The molecule has 1 amide bonds. The van der Waals surface area contributed by atoms with Gasteiger partial charge in [0.25, 0.3) is 5.91 Å². The van der Waals surface area contributed by atoms with Crippen LogP contribution in [0.2, 0.25) is 0 Å². The second kappa shape index (κ2) is 7.12. The Morgan fingerprint density at radius 1 is 1.20 bits per heavy atom. The van der Waals surface area contributed by atoms with Crippen LogP contribution in [0.25, 0.3) is 17.1 Å². The van der Waals surface area contributed by atoms with E-state index in [2.05, 4.69) is 15.3 Å². The molecule has 0 saturated carbocycles. The minimum Gasteiger partial charge on any atom is -0.346 e. The Labute approximate surface area is 144 Å². The Bertz CT molecular complexity index is 1020. The van der Waals surface area contributed by atoms with Gasteiger partial charge in [-0.15, -0.1) is 0 Å². The summed E-state index contributed by atoms with van der Waals surface area (Å²) >= 11 is 0. The summed E-state index contributed by atoms with van der Waals surface area (Å²) in [7, 11) is 0. The van der Waals surface area contributed by atoms with Crippen molar-refractivity contribution in [3.05, 3.63) is 71.6 Å². The summed E-state index contributed by atoms with van der Waals surface area (Å²) in [5.41, 5.74) is 1.93. The fraction of sp³-hybridized carbons (Fsp3) is 0.0526.